The lowest BCUT2D eigenvalue weighted by Crippen LogP contribution is -2.29. The Morgan fingerprint density at radius 2 is 2.21 bits per heavy atom. The summed E-state index contributed by atoms with van der Waals surface area (Å²) in [5, 5.41) is 5.48. The summed E-state index contributed by atoms with van der Waals surface area (Å²) < 4.78 is 0. The molecule has 1 aromatic carbocycles. The van der Waals surface area contributed by atoms with Crippen molar-refractivity contribution >= 4 is 28.2 Å². The molecular formula is C15H18ClN3. The molecule has 1 saturated carbocycles. The van der Waals surface area contributed by atoms with E-state index in [0.717, 1.165) is 28.2 Å². The van der Waals surface area contributed by atoms with Crippen molar-refractivity contribution in [2.24, 2.45) is 11.7 Å². The van der Waals surface area contributed by atoms with Crippen LogP contribution < -0.4 is 11.1 Å². The molecule has 0 spiro atoms. The van der Waals surface area contributed by atoms with Gasteiger partial charge in [-0.1, -0.05) is 18.0 Å². The topological polar surface area (TPSA) is 50.9 Å². The van der Waals surface area contributed by atoms with E-state index in [1.54, 1.807) is 0 Å². The number of hydrogen-bond donors (Lipinski definition) is 2. The van der Waals surface area contributed by atoms with Gasteiger partial charge in [0.05, 0.1) is 5.52 Å². The van der Waals surface area contributed by atoms with Crippen LogP contribution in [0.1, 0.15) is 19.3 Å². The molecule has 3 rings (SSSR count). The number of anilines is 1. The normalized spacial score (nSPS) is 22.8. The third kappa shape index (κ3) is 2.53. The van der Waals surface area contributed by atoms with Crippen LogP contribution in [-0.4, -0.2) is 17.6 Å². The molecule has 2 atom stereocenters. The lowest BCUT2D eigenvalue weighted by atomic mass is 10.0. The van der Waals surface area contributed by atoms with Crippen LogP contribution in [0.25, 0.3) is 10.9 Å². The van der Waals surface area contributed by atoms with E-state index in [0.29, 0.717) is 12.0 Å². The number of hydrogen-bond acceptors (Lipinski definition) is 3. The molecular weight excluding hydrogens is 258 g/mol. The number of rotatable bonds is 3. The molecule has 1 aliphatic carbocycles. The fraction of sp³-hybridized carbons (Fsp3) is 0.400. The van der Waals surface area contributed by atoms with Gasteiger partial charge in [0.15, 0.2) is 0 Å². The fourth-order valence-corrected chi connectivity index (χ4v) is 3.12. The Balaban J connectivity index is 1.92. The first kappa shape index (κ1) is 12.7. The van der Waals surface area contributed by atoms with E-state index in [9.17, 15) is 0 Å². The summed E-state index contributed by atoms with van der Waals surface area (Å²) in [4.78, 5) is 4.37. The minimum atomic E-state index is 0.478. The first-order valence-electron chi connectivity index (χ1n) is 6.79. The van der Waals surface area contributed by atoms with Gasteiger partial charge in [-0.2, -0.15) is 0 Å². The standard InChI is InChI=1S/C15H18ClN3/c16-11-4-5-12-14(6-7-18-15(12)8-11)19-13-3-1-2-10(13)9-17/h4-8,10,13H,1-3,9,17H2,(H,18,19). The summed E-state index contributed by atoms with van der Waals surface area (Å²) in [5.74, 6) is 0.579. The molecule has 0 saturated heterocycles. The molecule has 0 bridgehead atoms. The van der Waals surface area contributed by atoms with Crippen molar-refractivity contribution in [3.05, 3.63) is 35.5 Å². The van der Waals surface area contributed by atoms with Crippen LogP contribution in [0.15, 0.2) is 30.5 Å². The number of pyridine rings is 1. The Bertz CT molecular complexity index is 585. The fourth-order valence-electron chi connectivity index (χ4n) is 2.96. The molecule has 3 N–H and O–H groups in total. The molecule has 2 unspecified atom stereocenters. The van der Waals surface area contributed by atoms with Gasteiger partial charge in [-0.05, 0) is 49.6 Å². The Morgan fingerprint density at radius 3 is 3.05 bits per heavy atom. The van der Waals surface area contributed by atoms with Crippen LogP contribution in [0.2, 0.25) is 5.02 Å². The lowest BCUT2D eigenvalue weighted by Gasteiger charge is -2.21. The molecule has 1 heterocycles. The average Bonchev–Trinajstić information content (AvgIpc) is 2.86. The molecule has 0 radical (unpaired) electrons. The Hall–Kier alpha value is -1.32. The molecule has 3 nitrogen and oxygen atoms in total. The molecule has 1 aliphatic rings. The summed E-state index contributed by atoms with van der Waals surface area (Å²) in [6, 6.07) is 8.34. The van der Waals surface area contributed by atoms with E-state index in [2.05, 4.69) is 10.3 Å². The first-order chi connectivity index (χ1) is 9.28. The van der Waals surface area contributed by atoms with Crippen LogP contribution >= 0.6 is 11.6 Å². The van der Waals surface area contributed by atoms with Gasteiger partial charge in [-0.15, -0.1) is 0 Å². The second-order valence-electron chi connectivity index (χ2n) is 5.20. The van der Waals surface area contributed by atoms with Gasteiger partial charge in [-0.3, -0.25) is 4.98 Å². The van der Waals surface area contributed by atoms with Crippen molar-refractivity contribution in [3.8, 4) is 0 Å². The monoisotopic (exact) mass is 275 g/mol. The van der Waals surface area contributed by atoms with Crippen molar-refractivity contribution in [1.82, 2.24) is 4.98 Å². The van der Waals surface area contributed by atoms with Crippen molar-refractivity contribution in [1.29, 1.82) is 0 Å². The van der Waals surface area contributed by atoms with E-state index in [-0.39, 0.29) is 0 Å². The van der Waals surface area contributed by atoms with Crippen molar-refractivity contribution < 1.29 is 0 Å². The van der Waals surface area contributed by atoms with Crippen LogP contribution in [-0.2, 0) is 0 Å². The Kier molecular flexibility index (Phi) is 3.58. The quantitative estimate of drug-likeness (QED) is 0.902. The smallest absolute Gasteiger partial charge is 0.0737 e. The van der Waals surface area contributed by atoms with Gasteiger partial charge in [0.25, 0.3) is 0 Å². The molecule has 1 fully saturated rings. The second kappa shape index (κ2) is 5.35. The van der Waals surface area contributed by atoms with E-state index >= 15 is 0 Å². The molecule has 1 aromatic heterocycles. The summed E-state index contributed by atoms with van der Waals surface area (Å²) in [7, 11) is 0. The number of aromatic nitrogens is 1. The highest BCUT2D eigenvalue weighted by Gasteiger charge is 2.26. The number of nitrogens with zero attached hydrogens (tertiary/aromatic N) is 1. The van der Waals surface area contributed by atoms with E-state index in [1.165, 1.54) is 19.3 Å². The Labute approximate surface area is 118 Å². The third-order valence-electron chi connectivity index (χ3n) is 4.01. The zero-order valence-electron chi connectivity index (χ0n) is 10.8. The number of nitrogens with one attached hydrogen (secondary N) is 1. The Morgan fingerprint density at radius 1 is 1.32 bits per heavy atom. The summed E-state index contributed by atoms with van der Waals surface area (Å²) >= 11 is 6.01. The highest BCUT2D eigenvalue weighted by Crippen LogP contribution is 2.31. The maximum absolute atomic E-state index is 6.01. The van der Waals surface area contributed by atoms with Crippen molar-refractivity contribution in [2.45, 2.75) is 25.3 Å². The number of halogens is 1. The van der Waals surface area contributed by atoms with Gasteiger partial charge in [0, 0.05) is 28.3 Å². The molecule has 100 valence electrons. The second-order valence-corrected chi connectivity index (χ2v) is 5.63. The highest BCUT2D eigenvalue weighted by molar-refractivity contribution is 6.31. The first-order valence-corrected chi connectivity index (χ1v) is 7.16. The maximum Gasteiger partial charge on any atom is 0.0737 e. The summed E-state index contributed by atoms with van der Waals surface area (Å²) in [6.45, 7) is 0.756. The van der Waals surface area contributed by atoms with Crippen LogP contribution in [0.4, 0.5) is 5.69 Å². The molecule has 2 aromatic rings. The zero-order chi connectivity index (χ0) is 13.2. The summed E-state index contributed by atoms with van der Waals surface area (Å²) in [5.41, 5.74) is 7.90. The highest BCUT2D eigenvalue weighted by atomic mass is 35.5. The van der Waals surface area contributed by atoms with Gasteiger partial charge >= 0.3 is 0 Å². The van der Waals surface area contributed by atoms with Crippen LogP contribution in [0.5, 0.6) is 0 Å². The molecule has 0 aliphatic heterocycles. The van der Waals surface area contributed by atoms with E-state index < -0.39 is 0 Å². The minimum Gasteiger partial charge on any atom is -0.381 e. The largest absolute Gasteiger partial charge is 0.381 e. The van der Waals surface area contributed by atoms with E-state index in [1.807, 2.05) is 30.5 Å². The van der Waals surface area contributed by atoms with Gasteiger partial charge in [0.1, 0.15) is 0 Å². The number of fused-ring (bicyclic) bond motifs is 1. The van der Waals surface area contributed by atoms with Gasteiger partial charge in [-0.25, -0.2) is 0 Å². The van der Waals surface area contributed by atoms with E-state index in [4.69, 9.17) is 17.3 Å². The predicted octanol–water partition coefficient (Wildman–Crippen LogP) is 3.43. The third-order valence-corrected chi connectivity index (χ3v) is 4.24. The molecule has 0 amide bonds. The van der Waals surface area contributed by atoms with Gasteiger partial charge in [0.2, 0.25) is 0 Å². The minimum absolute atomic E-state index is 0.478. The van der Waals surface area contributed by atoms with Crippen molar-refractivity contribution in [3.63, 3.8) is 0 Å². The van der Waals surface area contributed by atoms with Crippen LogP contribution in [0, 0.1) is 5.92 Å². The predicted molar refractivity (Wildman–Crippen MR) is 80.6 cm³/mol. The zero-order valence-corrected chi connectivity index (χ0v) is 11.5. The van der Waals surface area contributed by atoms with Crippen LogP contribution in [0.3, 0.4) is 0 Å². The number of nitrogens with two attached hydrogens (primary N) is 1. The average molecular weight is 276 g/mol. The number of benzene rings is 1. The lowest BCUT2D eigenvalue weighted by molar-refractivity contribution is 0.517. The molecule has 4 heteroatoms. The SMILES string of the molecule is NCC1CCCC1Nc1ccnc2cc(Cl)ccc12. The van der Waals surface area contributed by atoms with Crippen molar-refractivity contribution in [2.75, 3.05) is 11.9 Å². The van der Waals surface area contributed by atoms with Gasteiger partial charge < -0.3 is 11.1 Å². The molecule has 19 heavy (non-hydrogen) atoms. The summed E-state index contributed by atoms with van der Waals surface area (Å²) in [6.07, 6.45) is 5.50. The maximum atomic E-state index is 6.01.